The van der Waals surface area contributed by atoms with Crippen LogP contribution in [0.1, 0.15) is 32.6 Å². The second-order valence-electron chi connectivity index (χ2n) is 4.45. The number of benzene rings is 2. The van der Waals surface area contributed by atoms with Gasteiger partial charge in [0.25, 0.3) is 0 Å². The maximum Gasteiger partial charge on any atom is 0.249 e. The van der Waals surface area contributed by atoms with Gasteiger partial charge in [0.2, 0.25) is 5.91 Å². The Bertz CT molecular complexity index is 656. The number of nitrogens with two attached hydrogens (primary N) is 1. The number of carbonyl (C=O) groups is 1. The van der Waals surface area contributed by atoms with Crippen LogP contribution in [0.3, 0.4) is 0 Å². The molecule has 1 amide bonds. The van der Waals surface area contributed by atoms with Crippen molar-refractivity contribution in [3.8, 4) is 0 Å². The monoisotopic (exact) mass is 235 g/mol. The number of rotatable bonds is 1. The number of amides is 1. The summed E-state index contributed by atoms with van der Waals surface area (Å²) in [5.41, 5.74) is 10.6. The summed E-state index contributed by atoms with van der Waals surface area (Å²) in [6, 6.07) is 14.0. The van der Waals surface area contributed by atoms with Gasteiger partial charge in [0.05, 0.1) is 0 Å². The molecule has 0 atom stereocenters. The summed E-state index contributed by atoms with van der Waals surface area (Å²) in [7, 11) is 0. The van der Waals surface area contributed by atoms with E-state index < -0.39 is 0 Å². The third-order valence-corrected chi connectivity index (χ3v) is 3.33. The Morgan fingerprint density at radius 3 is 2.56 bits per heavy atom. The van der Waals surface area contributed by atoms with Gasteiger partial charge in [0.1, 0.15) is 0 Å². The molecule has 2 aromatic carbocycles. The lowest BCUT2D eigenvalue weighted by molar-refractivity contribution is 0.1000. The highest BCUT2D eigenvalue weighted by atomic mass is 16.1. The molecule has 0 aliphatic heterocycles. The van der Waals surface area contributed by atoms with Gasteiger partial charge < -0.3 is 5.73 Å². The fourth-order valence-corrected chi connectivity index (χ4v) is 2.41. The standard InChI is InChI=1S/C16H13NO/c17-16(18)15-7-3-6-13-10-12-5-2-1-4-11(12)8-9-14(13)15/h1-9H,10H2,(H2,17,18). The molecule has 0 heterocycles. The molecule has 88 valence electrons. The average molecular weight is 235 g/mol. The van der Waals surface area contributed by atoms with Gasteiger partial charge in [0.15, 0.2) is 0 Å². The van der Waals surface area contributed by atoms with Crippen LogP contribution in [0.25, 0.3) is 12.2 Å². The first kappa shape index (κ1) is 10.8. The molecule has 2 nitrogen and oxygen atoms in total. The minimum absolute atomic E-state index is 0.373. The Hall–Kier alpha value is -2.35. The van der Waals surface area contributed by atoms with Gasteiger partial charge in [-0.3, -0.25) is 4.79 Å². The lowest BCUT2D eigenvalue weighted by Crippen LogP contribution is -2.13. The third kappa shape index (κ3) is 1.72. The van der Waals surface area contributed by atoms with Crippen LogP contribution >= 0.6 is 0 Å². The van der Waals surface area contributed by atoms with E-state index in [1.54, 1.807) is 6.07 Å². The molecule has 0 radical (unpaired) electrons. The maximum absolute atomic E-state index is 11.4. The predicted octanol–water partition coefficient (Wildman–Crippen LogP) is 2.86. The summed E-state index contributed by atoms with van der Waals surface area (Å²) in [6.07, 6.45) is 4.87. The van der Waals surface area contributed by atoms with Gasteiger partial charge >= 0.3 is 0 Å². The smallest absolute Gasteiger partial charge is 0.249 e. The number of carbonyl (C=O) groups excluding carboxylic acids is 1. The van der Waals surface area contributed by atoms with Crippen molar-refractivity contribution < 1.29 is 4.79 Å². The zero-order valence-electron chi connectivity index (χ0n) is 9.89. The Labute approximate surface area is 106 Å². The maximum atomic E-state index is 11.4. The second kappa shape index (κ2) is 4.15. The topological polar surface area (TPSA) is 43.1 Å². The summed E-state index contributed by atoms with van der Waals surface area (Å²) >= 11 is 0. The summed E-state index contributed by atoms with van der Waals surface area (Å²) < 4.78 is 0. The molecule has 2 heteroatoms. The highest BCUT2D eigenvalue weighted by molar-refractivity contribution is 5.98. The fourth-order valence-electron chi connectivity index (χ4n) is 2.41. The van der Waals surface area contributed by atoms with E-state index in [9.17, 15) is 4.79 Å². The number of primary amides is 1. The van der Waals surface area contributed by atoms with Gasteiger partial charge in [-0.05, 0) is 34.7 Å². The first-order chi connectivity index (χ1) is 8.75. The Morgan fingerprint density at radius 2 is 1.72 bits per heavy atom. The van der Waals surface area contributed by atoms with Gasteiger partial charge in [-0.15, -0.1) is 0 Å². The molecule has 0 spiro atoms. The highest BCUT2D eigenvalue weighted by Gasteiger charge is 2.13. The SMILES string of the molecule is NC(=O)c1cccc2c1C=Cc1ccccc1C2. The number of fused-ring (bicyclic) bond motifs is 2. The summed E-state index contributed by atoms with van der Waals surface area (Å²) in [6.45, 7) is 0. The van der Waals surface area contributed by atoms with Gasteiger partial charge in [-0.1, -0.05) is 48.6 Å². The van der Waals surface area contributed by atoms with E-state index in [1.165, 1.54) is 11.1 Å². The molecule has 0 aromatic heterocycles. The van der Waals surface area contributed by atoms with Gasteiger partial charge in [0, 0.05) is 5.56 Å². The lowest BCUT2D eigenvalue weighted by atomic mass is 9.96. The fraction of sp³-hybridized carbons (Fsp3) is 0.0625. The quantitative estimate of drug-likeness (QED) is 0.692. The van der Waals surface area contributed by atoms with Crippen LogP contribution in [0.15, 0.2) is 42.5 Å². The van der Waals surface area contributed by atoms with Crippen molar-refractivity contribution in [2.45, 2.75) is 6.42 Å². The average Bonchev–Trinajstić information content (AvgIpc) is 2.56. The molecule has 0 unspecified atom stereocenters. The molecule has 3 rings (SSSR count). The Balaban J connectivity index is 2.20. The minimum atomic E-state index is -0.373. The number of hydrogen-bond acceptors (Lipinski definition) is 1. The lowest BCUT2D eigenvalue weighted by Gasteiger charge is -2.08. The molecule has 18 heavy (non-hydrogen) atoms. The van der Waals surface area contributed by atoms with Crippen LogP contribution in [0.5, 0.6) is 0 Å². The molecule has 2 N–H and O–H groups in total. The molecule has 0 saturated heterocycles. The van der Waals surface area contributed by atoms with Gasteiger partial charge in [-0.2, -0.15) is 0 Å². The molecule has 1 aliphatic rings. The second-order valence-corrected chi connectivity index (χ2v) is 4.45. The zero-order valence-corrected chi connectivity index (χ0v) is 9.89. The third-order valence-electron chi connectivity index (χ3n) is 3.33. The molecular formula is C16H13NO. The first-order valence-corrected chi connectivity index (χ1v) is 5.93. The first-order valence-electron chi connectivity index (χ1n) is 5.93. The predicted molar refractivity (Wildman–Crippen MR) is 73.1 cm³/mol. The van der Waals surface area contributed by atoms with Crippen molar-refractivity contribution >= 4 is 18.1 Å². The summed E-state index contributed by atoms with van der Waals surface area (Å²) in [4.78, 5) is 11.4. The zero-order chi connectivity index (χ0) is 12.5. The molecule has 1 aliphatic carbocycles. The molecular weight excluding hydrogens is 222 g/mol. The van der Waals surface area contributed by atoms with E-state index in [4.69, 9.17) is 5.73 Å². The van der Waals surface area contributed by atoms with Crippen LogP contribution < -0.4 is 5.73 Å². The van der Waals surface area contributed by atoms with Crippen molar-refractivity contribution in [1.82, 2.24) is 0 Å². The van der Waals surface area contributed by atoms with Crippen molar-refractivity contribution in [3.63, 3.8) is 0 Å². The van der Waals surface area contributed by atoms with E-state index in [2.05, 4.69) is 12.1 Å². The van der Waals surface area contributed by atoms with Crippen LogP contribution in [0, 0.1) is 0 Å². The van der Waals surface area contributed by atoms with Crippen molar-refractivity contribution in [2.24, 2.45) is 5.73 Å². The molecule has 0 saturated carbocycles. The highest BCUT2D eigenvalue weighted by Crippen LogP contribution is 2.26. The van der Waals surface area contributed by atoms with Crippen LogP contribution in [-0.4, -0.2) is 5.91 Å². The Kier molecular flexibility index (Phi) is 2.49. The summed E-state index contributed by atoms with van der Waals surface area (Å²) in [5, 5.41) is 0. The van der Waals surface area contributed by atoms with Gasteiger partial charge in [-0.25, -0.2) is 0 Å². The summed E-state index contributed by atoms with van der Waals surface area (Å²) in [5.74, 6) is -0.373. The van der Waals surface area contributed by atoms with Crippen molar-refractivity contribution in [1.29, 1.82) is 0 Å². The minimum Gasteiger partial charge on any atom is -0.366 e. The van der Waals surface area contributed by atoms with E-state index in [0.717, 1.165) is 17.5 Å². The van der Waals surface area contributed by atoms with E-state index in [0.29, 0.717) is 5.56 Å². The van der Waals surface area contributed by atoms with Crippen molar-refractivity contribution in [2.75, 3.05) is 0 Å². The van der Waals surface area contributed by atoms with Crippen LogP contribution in [0.2, 0.25) is 0 Å². The Morgan fingerprint density at radius 1 is 0.944 bits per heavy atom. The van der Waals surface area contributed by atoms with E-state index in [-0.39, 0.29) is 5.91 Å². The normalized spacial score (nSPS) is 12.4. The molecule has 2 aromatic rings. The number of hydrogen-bond donors (Lipinski definition) is 1. The van der Waals surface area contributed by atoms with Crippen LogP contribution in [-0.2, 0) is 6.42 Å². The van der Waals surface area contributed by atoms with E-state index >= 15 is 0 Å². The van der Waals surface area contributed by atoms with Crippen molar-refractivity contribution in [3.05, 3.63) is 70.3 Å². The van der Waals surface area contributed by atoms with Crippen LogP contribution in [0.4, 0.5) is 0 Å². The largest absolute Gasteiger partial charge is 0.366 e. The molecule has 0 bridgehead atoms. The molecule has 0 fully saturated rings. The van der Waals surface area contributed by atoms with E-state index in [1.807, 2.05) is 36.4 Å².